The van der Waals surface area contributed by atoms with Gasteiger partial charge in [-0.2, -0.15) is 5.26 Å². The van der Waals surface area contributed by atoms with Crippen LogP contribution in [0.15, 0.2) is 10.7 Å². The fourth-order valence-electron chi connectivity index (χ4n) is 0.746. The smallest absolute Gasteiger partial charge is 0.230 e. The Labute approximate surface area is 86.3 Å². The van der Waals surface area contributed by atoms with E-state index in [0.717, 1.165) is 6.07 Å². The van der Waals surface area contributed by atoms with Gasteiger partial charge in [-0.1, -0.05) is 11.6 Å². The number of halogens is 4. The molecule has 0 N–H and O–H groups in total. The molecule has 1 heterocycles. The number of hydrogen-bond donors (Lipinski definition) is 0. The highest BCUT2D eigenvalue weighted by atomic mass is 79.9. The van der Waals surface area contributed by atoms with Gasteiger partial charge in [-0.3, -0.25) is 0 Å². The molecule has 6 heteroatoms. The number of nitrogens with zero attached hydrogens (tertiary/aromatic N) is 2. The lowest BCUT2D eigenvalue weighted by molar-refractivity contribution is 0.150. The second-order valence-corrected chi connectivity index (χ2v) is 3.26. The molecular weight excluding hydrogens is 265 g/mol. The fourth-order valence-corrected chi connectivity index (χ4v) is 1.71. The summed E-state index contributed by atoms with van der Waals surface area (Å²) in [7, 11) is 0. The van der Waals surface area contributed by atoms with Gasteiger partial charge in [-0.25, -0.2) is 13.8 Å². The molecule has 0 atom stereocenters. The Morgan fingerprint density at radius 3 is 2.62 bits per heavy atom. The van der Waals surface area contributed by atoms with Gasteiger partial charge < -0.3 is 0 Å². The minimum absolute atomic E-state index is 0.00118. The Hall–Kier alpha value is -0.730. The quantitative estimate of drug-likeness (QED) is 0.732. The van der Waals surface area contributed by atoms with Crippen molar-refractivity contribution in [3.8, 4) is 6.07 Å². The third-order valence-corrected chi connectivity index (χ3v) is 2.21. The van der Waals surface area contributed by atoms with Crippen molar-refractivity contribution in [3.63, 3.8) is 0 Å². The van der Waals surface area contributed by atoms with Crippen molar-refractivity contribution in [2.24, 2.45) is 0 Å². The average molecular weight is 267 g/mol. The largest absolute Gasteiger partial charge is 0.267 e. The molecular formula is C7H2BrClF2N2. The third-order valence-electron chi connectivity index (χ3n) is 1.29. The van der Waals surface area contributed by atoms with Crippen LogP contribution >= 0.6 is 27.5 Å². The predicted molar refractivity (Wildman–Crippen MR) is 46.6 cm³/mol. The average Bonchev–Trinajstić information content (AvgIpc) is 2.02. The van der Waals surface area contributed by atoms with Gasteiger partial charge in [0, 0.05) is 0 Å². The summed E-state index contributed by atoms with van der Waals surface area (Å²) in [6.45, 7) is 0. The first-order valence-corrected chi connectivity index (χ1v) is 4.27. The van der Waals surface area contributed by atoms with Gasteiger partial charge >= 0.3 is 0 Å². The molecule has 0 amide bonds. The lowest BCUT2D eigenvalue weighted by Gasteiger charge is -2.04. The van der Waals surface area contributed by atoms with E-state index in [0.29, 0.717) is 0 Å². The van der Waals surface area contributed by atoms with Crippen molar-refractivity contribution in [1.82, 2.24) is 4.98 Å². The van der Waals surface area contributed by atoms with Gasteiger partial charge in [-0.15, -0.1) is 0 Å². The molecule has 0 saturated heterocycles. The summed E-state index contributed by atoms with van der Waals surface area (Å²) in [5, 5.41) is 8.28. The van der Waals surface area contributed by atoms with E-state index in [2.05, 4.69) is 20.9 Å². The standard InChI is InChI=1S/C7H2BrClF2N2/c8-6-5(7(10)11)4(9)1-3(2-12)13-6/h1,7H. The van der Waals surface area contributed by atoms with Crippen molar-refractivity contribution in [3.05, 3.63) is 26.9 Å². The van der Waals surface area contributed by atoms with E-state index in [1.807, 2.05) is 0 Å². The topological polar surface area (TPSA) is 36.7 Å². The highest BCUT2D eigenvalue weighted by Crippen LogP contribution is 2.32. The summed E-state index contributed by atoms with van der Waals surface area (Å²) in [6, 6.07) is 2.81. The molecule has 0 bridgehead atoms. The number of aromatic nitrogens is 1. The Morgan fingerprint density at radius 2 is 2.23 bits per heavy atom. The van der Waals surface area contributed by atoms with E-state index >= 15 is 0 Å². The Morgan fingerprint density at radius 1 is 1.62 bits per heavy atom. The molecule has 2 nitrogen and oxygen atoms in total. The number of rotatable bonds is 1. The zero-order valence-corrected chi connectivity index (χ0v) is 8.40. The zero-order chi connectivity index (χ0) is 10.0. The first kappa shape index (κ1) is 10.4. The Balaban J connectivity index is 3.33. The Bertz CT molecular complexity index is 352. The van der Waals surface area contributed by atoms with Crippen LogP contribution in [0.4, 0.5) is 8.78 Å². The molecule has 0 fully saturated rings. The Kier molecular flexibility index (Phi) is 3.17. The van der Waals surface area contributed by atoms with E-state index in [1.165, 1.54) is 0 Å². The number of hydrogen-bond acceptors (Lipinski definition) is 2. The highest BCUT2D eigenvalue weighted by Gasteiger charge is 2.18. The zero-order valence-electron chi connectivity index (χ0n) is 6.06. The van der Waals surface area contributed by atoms with Gasteiger partial charge in [0.25, 0.3) is 6.43 Å². The molecule has 68 valence electrons. The first-order valence-electron chi connectivity index (χ1n) is 3.10. The van der Waals surface area contributed by atoms with Crippen LogP contribution in [0.25, 0.3) is 0 Å². The van der Waals surface area contributed by atoms with E-state index in [9.17, 15) is 8.78 Å². The van der Waals surface area contributed by atoms with Gasteiger partial charge in [0.1, 0.15) is 16.4 Å². The second-order valence-electron chi connectivity index (χ2n) is 2.11. The van der Waals surface area contributed by atoms with E-state index in [-0.39, 0.29) is 20.9 Å². The van der Waals surface area contributed by atoms with Gasteiger partial charge in [0.05, 0.1) is 10.6 Å². The normalized spacial score (nSPS) is 10.2. The maximum atomic E-state index is 12.3. The van der Waals surface area contributed by atoms with Gasteiger partial charge in [-0.05, 0) is 22.0 Å². The SMILES string of the molecule is N#Cc1cc(Cl)c(C(F)F)c(Br)n1. The summed E-state index contributed by atoms with van der Waals surface area (Å²) in [6.07, 6.45) is -2.71. The van der Waals surface area contributed by atoms with Crippen LogP contribution < -0.4 is 0 Å². The maximum Gasteiger partial charge on any atom is 0.267 e. The number of nitriles is 1. The van der Waals surface area contributed by atoms with Crippen LogP contribution in [-0.4, -0.2) is 4.98 Å². The summed E-state index contributed by atoms with van der Waals surface area (Å²) < 4.78 is 24.5. The number of pyridine rings is 1. The van der Waals surface area contributed by atoms with Crippen molar-refractivity contribution >= 4 is 27.5 Å². The van der Waals surface area contributed by atoms with Crippen LogP contribution in [0.3, 0.4) is 0 Å². The lowest BCUT2D eigenvalue weighted by Crippen LogP contribution is -1.94. The fraction of sp³-hybridized carbons (Fsp3) is 0.143. The first-order chi connectivity index (χ1) is 6.06. The molecule has 0 unspecified atom stereocenters. The second kappa shape index (κ2) is 3.99. The third kappa shape index (κ3) is 2.14. The van der Waals surface area contributed by atoms with Crippen molar-refractivity contribution in [2.75, 3.05) is 0 Å². The molecule has 0 spiro atoms. The van der Waals surface area contributed by atoms with Crippen LogP contribution in [0.5, 0.6) is 0 Å². The lowest BCUT2D eigenvalue weighted by atomic mass is 10.2. The molecule has 1 aromatic rings. The van der Waals surface area contributed by atoms with Gasteiger partial charge in [0.2, 0.25) is 0 Å². The molecule has 0 aromatic carbocycles. The minimum Gasteiger partial charge on any atom is -0.230 e. The molecule has 13 heavy (non-hydrogen) atoms. The van der Waals surface area contributed by atoms with Crippen LogP contribution in [0, 0.1) is 11.3 Å². The summed E-state index contributed by atoms with van der Waals surface area (Å²) in [4.78, 5) is 3.56. The van der Waals surface area contributed by atoms with Crippen molar-refractivity contribution in [2.45, 2.75) is 6.43 Å². The van der Waals surface area contributed by atoms with Crippen LogP contribution in [0.1, 0.15) is 17.7 Å². The summed E-state index contributed by atoms with van der Waals surface area (Å²) >= 11 is 8.32. The molecule has 0 aliphatic rings. The van der Waals surface area contributed by atoms with Crippen LogP contribution in [-0.2, 0) is 0 Å². The maximum absolute atomic E-state index is 12.3. The van der Waals surface area contributed by atoms with E-state index < -0.39 is 6.43 Å². The van der Waals surface area contributed by atoms with Crippen molar-refractivity contribution in [1.29, 1.82) is 5.26 Å². The molecule has 0 saturated carbocycles. The highest BCUT2D eigenvalue weighted by molar-refractivity contribution is 9.10. The molecule has 1 rings (SSSR count). The van der Waals surface area contributed by atoms with Crippen LogP contribution in [0.2, 0.25) is 5.02 Å². The molecule has 0 aliphatic heterocycles. The monoisotopic (exact) mass is 266 g/mol. The molecule has 0 radical (unpaired) electrons. The number of alkyl halides is 2. The summed E-state index contributed by atoms with van der Waals surface area (Å²) in [5.74, 6) is 0. The summed E-state index contributed by atoms with van der Waals surface area (Å²) in [5.41, 5.74) is -0.387. The predicted octanol–water partition coefficient (Wildman–Crippen LogP) is 3.31. The van der Waals surface area contributed by atoms with E-state index in [4.69, 9.17) is 16.9 Å². The van der Waals surface area contributed by atoms with Crippen molar-refractivity contribution < 1.29 is 8.78 Å². The minimum atomic E-state index is -2.71. The van der Waals surface area contributed by atoms with E-state index in [1.54, 1.807) is 6.07 Å². The van der Waals surface area contributed by atoms with Gasteiger partial charge in [0.15, 0.2) is 0 Å². The molecule has 0 aliphatic carbocycles. The molecule has 1 aromatic heterocycles.